The molecule has 2 N–H and O–H groups in total. The summed E-state index contributed by atoms with van der Waals surface area (Å²) >= 11 is 0. The number of methoxy groups -OCH3 is 2. The molecule has 5 aromatic rings. The van der Waals surface area contributed by atoms with E-state index in [2.05, 4.69) is 4.98 Å². The van der Waals surface area contributed by atoms with E-state index in [1.54, 1.807) is 51.5 Å². The van der Waals surface area contributed by atoms with Gasteiger partial charge >= 0.3 is 11.7 Å². The lowest BCUT2D eigenvalue weighted by atomic mass is 9.79. The van der Waals surface area contributed by atoms with Crippen LogP contribution >= 0.6 is 0 Å². The molecule has 1 saturated carbocycles. The van der Waals surface area contributed by atoms with Crippen LogP contribution in [0.3, 0.4) is 0 Å². The van der Waals surface area contributed by atoms with Crippen LogP contribution in [0.2, 0.25) is 0 Å². The van der Waals surface area contributed by atoms with Crippen molar-refractivity contribution < 1.29 is 38.3 Å². The molecule has 0 amide bonds. The second-order valence-corrected chi connectivity index (χ2v) is 13.1. The Balaban J connectivity index is 1.29. The fourth-order valence-corrected chi connectivity index (χ4v) is 7.75. The normalized spacial score (nSPS) is 25.9. The number of nitrogens with zero attached hydrogens (tertiary/aromatic N) is 1. The minimum atomic E-state index is -1.96. The molecule has 7 atom stereocenters. The summed E-state index contributed by atoms with van der Waals surface area (Å²) in [5.74, 6) is 0.600. The molecule has 3 aliphatic rings. The average Bonchev–Trinajstić information content (AvgIpc) is 3.64. The lowest BCUT2D eigenvalue weighted by molar-refractivity contribution is -0.180. The molecule has 2 saturated heterocycles. The van der Waals surface area contributed by atoms with Crippen molar-refractivity contribution >= 4 is 5.97 Å². The molecule has 2 bridgehead atoms. The molecule has 0 spiro atoms. The Morgan fingerprint density at radius 3 is 1.92 bits per heavy atom. The summed E-state index contributed by atoms with van der Waals surface area (Å²) in [6, 6.07) is 32.9. The number of aromatic nitrogens is 2. The van der Waals surface area contributed by atoms with Gasteiger partial charge in [-0.1, -0.05) is 72.8 Å². The Labute approximate surface area is 298 Å². The third-order valence-corrected chi connectivity index (χ3v) is 10.3. The predicted octanol–water partition coefficient (Wildman–Crippen LogP) is 3.87. The molecule has 12 heteroatoms. The first kappa shape index (κ1) is 33.6. The van der Waals surface area contributed by atoms with Gasteiger partial charge in [-0.3, -0.25) is 14.3 Å². The molecule has 4 aromatic carbocycles. The highest BCUT2D eigenvalue weighted by atomic mass is 16.7. The Kier molecular flexibility index (Phi) is 8.34. The number of benzene rings is 4. The lowest BCUT2D eigenvalue weighted by Gasteiger charge is -2.41. The first-order chi connectivity index (χ1) is 25.2. The molecule has 8 rings (SSSR count). The number of fused-ring (bicyclic) bond motifs is 1. The van der Waals surface area contributed by atoms with E-state index in [0.717, 1.165) is 16.7 Å². The summed E-state index contributed by atoms with van der Waals surface area (Å²) in [5.41, 5.74) is -1.89. The highest BCUT2D eigenvalue weighted by Crippen LogP contribution is 2.59. The summed E-state index contributed by atoms with van der Waals surface area (Å²) in [6.07, 6.45) is -5.52. The van der Waals surface area contributed by atoms with Crippen molar-refractivity contribution in [3.63, 3.8) is 0 Å². The van der Waals surface area contributed by atoms with E-state index in [4.69, 9.17) is 28.4 Å². The van der Waals surface area contributed by atoms with Gasteiger partial charge in [0.2, 0.25) is 0 Å². The van der Waals surface area contributed by atoms with Crippen LogP contribution in [0.15, 0.2) is 125 Å². The number of carbonyl (C=O) groups is 1. The van der Waals surface area contributed by atoms with Crippen LogP contribution in [0.1, 0.15) is 38.8 Å². The minimum Gasteiger partial charge on any atom is -0.497 e. The van der Waals surface area contributed by atoms with Crippen LogP contribution in [-0.2, 0) is 24.5 Å². The summed E-state index contributed by atoms with van der Waals surface area (Å²) in [5, 5.41) is 12.7. The molecule has 52 heavy (non-hydrogen) atoms. The van der Waals surface area contributed by atoms with Crippen molar-refractivity contribution in [1.29, 1.82) is 0 Å². The molecule has 1 aliphatic carbocycles. The van der Waals surface area contributed by atoms with Gasteiger partial charge in [-0.25, -0.2) is 9.59 Å². The van der Waals surface area contributed by atoms with Crippen LogP contribution < -0.4 is 20.7 Å². The van der Waals surface area contributed by atoms with Gasteiger partial charge in [0.05, 0.1) is 19.8 Å². The lowest BCUT2D eigenvalue weighted by Crippen LogP contribution is -2.54. The predicted molar refractivity (Wildman–Crippen MR) is 186 cm³/mol. The third kappa shape index (κ3) is 5.17. The van der Waals surface area contributed by atoms with Crippen LogP contribution in [0.5, 0.6) is 11.5 Å². The number of hydrogen-bond acceptors (Lipinski definition) is 10. The van der Waals surface area contributed by atoms with Crippen LogP contribution in [0, 0.1) is 6.92 Å². The molecule has 0 radical (unpaired) electrons. The number of H-pyrrole nitrogens is 1. The second-order valence-electron chi connectivity index (χ2n) is 13.1. The average molecular weight is 705 g/mol. The zero-order valence-corrected chi connectivity index (χ0v) is 28.5. The first-order valence-electron chi connectivity index (χ1n) is 16.8. The number of ether oxygens (including phenoxy) is 6. The Morgan fingerprint density at radius 1 is 0.788 bits per heavy atom. The van der Waals surface area contributed by atoms with Crippen molar-refractivity contribution in [1.82, 2.24) is 9.55 Å². The minimum absolute atomic E-state index is 0.256. The topological polar surface area (TPSA) is 148 Å². The number of aryl methyl sites for hydroxylation is 1. The van der Waals surface area contributed by atoms with Gasteiger partial charge in [-0.05, 0) is 60.0 Å². The molecule has 266 valence electrons. The third-order valence-electron chi connectivity index (χ3n) is 10.3. The number of esters is 1. The van der Waals surface area contributed by atoms with Crippen molar-refractivity contribution in [3.05, 3.63) is 164 Å². The summed E-state index contributed by atoms with van der Waals surface area (Å²) < 4.78 is 38.8. The smallest absolute Gasteiger partial charge is 0.338 e. The van der Waals surface area contributed by atoms with E-state index >= 15 is 0 Å². The largest absolute Gasteiger partial charge is 0.497 e. The maximum Gasteiger partial charge on any atom is 0.338 e. The summed E-state index contributed by atoms with van der Waals surface area (Å²) in [4.78, 5) is 41.3. The van der Waals surface area contributed by atoms with Gasteiger partial charge in [-0.15, -0.1) is 0 Å². The standard InChI is InChI=1S/C40H36N2O10/c1-23-22-42(38(45)41-35(23)43)36-34-39(46)32(51-37(44)24-10-6-4-7-11-24)30(49-34)31(33(39)50-36)52-40(25-12-8-5-9-13-25,26-14-18-28(47-2)19-15-26)27-16-20-29(48-3)21-17-27/h4-22,30-34,36,46H,1-3H3,(H,41,43,45)/t30-,31+,32-,33-,34-,36-,39-/m1/s1. The van der Waals surface area contributed by atoms with E-state index in [1.165, 1.54) is 10.8 Å². The van der Waals surface area contributed by atoms with Crippen molar-refractivity contribution in [2.45, 2.75) is 54.9 Å². The Hall–Kier alpha value is -5.53. The van der Waals surface area contributed by atoms with Crippen molar-refractivity contribution in [2.24, 2.45) is 0 Å². The van der Waals surface area contributed by atoms with E-state index < -0.39 is 65.2 Å². The second kappa shape index (κ2) is 12.9. The van der Waals surface area contributed by atoms with Gasteiger partial charge in [-0.2, -0.15) is 0 Å². The Bertz CT molecular complexity index is 2160. The van der Waals surface area contributed by atoms with Gasteiger partial charge in [0.25, 0.3) is 5.56 Å². The van der Waals surface area contributed by atoms with Gasteiger partial charge in [0.15, 0.2) is 17.9 Å². The van der Waals surface area contributed by atoms with Crippen molar-refractivity contribution in [3.8, 4) is 11.5 Å². The molecule has 3 fully saturated rings. The number of hydrogen-bond donors (Lipinski definition) is 2. The highest BCUT2D eigenvalue weighted by Gasteiger charge is 2.80. The van der Waals surface area contributed by atoms with Crippen LogP contribution in [-0.4, -0.2) is 71.0 Å². The fraction of sp³-hybridized carbons (Fsp3) is 0.275. The van der Waals surface area contributed by atoms with Crippen LogP contribution in [0.4, 0.5) is 0 Å². The maximum absolute atomic E-state index is 13.6. The number of aromatic amines is 1. The zero-order valence-electron chi connectivity index (χ0n) is 28.5. The molecular weight excluding hydrogens is 668 g/mol. The number of rotatable bonds is 10. The Morgan fingerprint density at radius 2 is 1.35 bits per heavy atom. The first-order valence-corrected chi connectivity index (χ1v) is 16.8. The number of aliphatic hydroxyl groups is 1. The van der Waals surface area contributed by atoms with Gasteiger partial charge in [0, 0.05) is 11.8 Å². The van der Waals surface area contributed by atoms with Crippen LogP contribution in [0.25, 0.3) is 0 Å². The molecular formula is C40H36N2O10. The molecule has 1 aromatic heterocycles. The monoisotopic (exact) mass is 704 g/mol. The molecule has 12 nitrogen and oxygen atoms in total. The molecule has 0 unspecified atom stereocenters. The zero-order chi connectivity index (χ0) is 36.2. The van der Waals surface area contributed by atoms with E-state index in [0.29, 0.717) is 11.5 Å². The maximum atomic E-state index is 13.6. The highest BCUT2D eigenvalue weighted by molar-refractivity contribution is 5.89. The van der Waals surface area contributed by atoms with E-state index in [1.807, 2.05) is 78.9 Å². The van der Waals surface area contributed by atoms with Gasteiger partial charge in [0.1, 0.15) is 41.5 Å². The van der Waals surface area contributed by atoms with Gasteiger partial charge < -0.3 is 33.5 Å². The van der Waals surface area contributed by atoms with E-state index in [-0.39, 0.29) is 11.1 Å². The SMILES string of the molecule is COc1ccc(C(O[C@H]2[C@H]3O[C@@H]4[C@H](n5cc(C)c(=O)[nH]c5=O)O[C@H]2[C@]4(O)[C@@H]3OC(=O)c2ccccc2)(c2ccccc2)c2ccc(OC)cc2)cc1. The summed E-state index contributed by atoms with van der Waals surface area (Å²) in [7, 11) is 3.17. The molecule has 3 heterocycles. The molecule has 2 aliphatic heterocycles. The fourth-order valence-electron chi connectivity index (χ4n) is 7.75. The summed E-state index contributed by atoms with van der Waals surface area (Å²) in [6.45, 7) is 1.56. The number of carbonyl (C=O) groups excluding carboxylic acids is 1. The number of nitrogens with one attached hydrogen (secondary N) is 1. The van der Waals surface area contributed by atoms with E-state index in [9.17, 15) is 19.5 Å². The van der Waals surface area contributed by atoms with Crippen molar-refractivity contribution in [2.75, 3.05) is 14.2 Å². The quantitative estimate of drug-likeness (QED) is 0.162.